The molecule has 0 bridgehead atoms. The SMILES string of the molecule is CCCCC/C=C\C/C=C\C/C=C\CC(O)C(O)CCCC(=O)O[C@H](COC(=O)CCCCCCCCC(C)CC)COP(=O)(O)OC[C@@H](O)COP(=O)(O)O. The molecule has 0 aliphatic rings. The molecule has 0 radical (unpaired) electrons. The van der Waals surface area contributed by atoms with E-state index >= 15 is 0 Å². The number of carbonyl (C=O) groups excluding carboxylic acids is 2. The number of aliphatic hydroxyl groups excluding tert-OH is 3. The van der Waals surface area contributed by atoms with Crippen LogP contribution in [0, 0.1) is 5.92 Å². The molecule has 0 saturated carbocycles. The van der Waals surface area contributed by atoms with E-state index in [0.29, 0.717) is 12.8 Å². The van der Waals surface area contributed by atoms with Crippen molar-refractivity contribution in [2.75, 3.05) is 26.4 Å². The van der Waals surface area contributed by atoms with Crippen molar-refractivity contribution in [2.45, 2.75) is 167 Å². The van der Waals surface area contributed by atoms with Gasteiger partial charge in [0.25, 0.3) is 0 Å². The van der Waals surface area contributed by atoms with Crippen LogP contribution in [0.4, 0.5) is 0 Å². The van der Waals surface area contributed by atoms with Gasteiger partial charge in [-0.05, 0) is 57.3 Å². The molecule has 6 atom stereocenters. The molecule has 4 unspecified atom stereocenters. The maximum absolute atomic E-state index is 12.7. The van der Waals surface area contributed by atoms with Gasteiger partial charge in [-0.3, -0.25) is 23.2 Å². The number of phosphoric ester groups is 2. The third-order valence-electron chi connectivity index (χ3n) is 8.76. The van der Waals surface area contributed by atoms with Crippen LogP contribution in [-0.4, -0.2) is 92.8 Å². The van der Waals surface area contributed by atoms with Crippen molar-refractivity contribution < 1.29 is 71.8 Å². The van der Waals surface area contributed by atoms with Gasteiger partial charge >= 0.3 is 27.6 Å². The van der Waals surface area contributed by atoms with Gasteiger partial charge in [0.15, 0.2) is 6.10 Å². The second-order valence-electron chi connectivity index (χ2n) is 14.1. The van der Waals surface area contributed by atoms with Gasteiger partial charge in [0.1, 0.15) is 12.7 Å². The molecule has 17 heteroatoms. The van der Waals surface area contributed by atoms with E-state index in [2.05, 4.69) is 48.0 Å². The first-order valence-corrected chi connectivity index (χ1v) is 23.3. The summed E-state index contributed by atoms with van der Waals surface area (Å²) in [6, 6.07) is 0. The van der Waals surface area contributed by atoms with Gasteiger partial charge < -0.3 is 39.5 Å². The van der Waals surface area contributed by atoms with E-state index in [1.807, 2.05) is 12.2 Å². The van der Waals surface area contributed by atoms with Gasteiger partial charge in [-0.25, -0.2) is 9.13 Å². The van der Waals surface area contributed by atoms with E-state index in [9.17, 15) is 38.9 Å². The molecule has 0 aliphatic carbocycles. The Labute approximate surface area is 334 Å². The van der Waals surface area contributed by atoms with Crippen molar-refractivity contribution in [3.8, 4) is 0 Å². The summed E-state index contributed by atoms with van der Waals surface area (Å²) in [7, 11) is -9.77. The van der Waals surface area contributed by atoms with Crippen LogP contribution in [0.1, 0.15) is 143 Å². The quantitative estimate of drug-likeness (QED) is 0.0154. The van der Waals surface area contributed by atoms with Gasteiger partial charge in [0, 0.05) is 12.8 Å². The number of phosphoric acid groups is 2. The van der Waals surface area contributed by atoms with Crippen LogP contribution in [0.25, 0.3) is 0 Å². The molecule has 0 heterocycles. The van der Waals surface area contributed by atoms with E-state index in [4.69, 9.17) is 23.8 Å². The molecule has 15 nitrogen and oxygen atoms in total. The van der Waals surface area contributed by atoms with Crippen molar-refractivity contribution in [3.63, 3.8) is 0 Å². The van der Waals surface area contributed by atoms with Gasteiger partial charge in [0.2, 0.25) is 0 Å². The Kier molecular flexibility index (Phi) is 33.1. The van der Waals surface area contributed by atoms with E-state index in [-0.39, 0.29) is 32.1 Å². The number of unbranched alkanes of at least 4 members (excludes halogenated alkanes) is 8. The molecule has 0 aromatic heterocycles. The summed E-state index contributed by atoms with van der Waals surface area (Å²) >= 11 is 0. The molecule has 0 saturated heterocycles. The van der Waals surface area contributed by atoms with Crippen molar-refractivity contribution >= 4 is 27.6 Å². The zero-order chi connectivity index (χ0) is 42.1. The first-order chi connectivity index (χ1) is 26.6. The molecule has 0 amide bonds. The minimum absolute atomic E-state index is 0.0936. The Morgan fingerprint density at radius 2 is 1.21 bits per heavy atom. The monoisotopic (exact) mass is 842 g/mol. The number of rotatable bonds is 37. The lowest BCUT2D eigenvalue weighted by molar-refractivity contribution is -0.161. The smallest absolute Gasteiger partial charge is 0.462 e. The lowest BCUT2D eigenvalue weighted by Gasteiger charge is -2.21. The topological polar surface area (TPSA) is 236 Å². The average Bonchev–Trinajstić information content (AvgIpc) is 3.15. The number of hydrogen-bond donors (Lipinski definition) is 6. The van der Waals surface area contributed by atoms with Crippen LogP contribution >= 0.6 is 15.6 Å². The lowest BCUT2D eigenvalue weighted by atomic mass is 10.00. The third-order valence-corrected chi connectivity index (χ3v) is 10.2. The van der Waals surface area contributed by atoms with Crippen LogP contribution < -0.4 is 0 Å². The van der Waals surface area contributed by atoms with Crippen molar-refractivity contribution in [2.24, 2.45) is 5.92 Å². The first-order valence-electron chi connectivity index (χ1n) is 20.2. The molecule has 328 valence electrons. The highest BCUT2D eigenvalue weighted by Gasteiger charge is 2.28. The molecule has 0 aliphatic heterocycles. The average molecular weight is 843 g/mol. The summed E-state index contributed by atoms with van der Waals surface area (Å²) in [6.45, 7) is 3.61. The predicted molar refractivity (Wildman–Crippen MR) is 214 cm³/mol. The Balaban J connectivity index is 4.82. The molecule has 0 spiro atoms. The highest BCUT2D eigenvalue weighted by molar-refractivity contribution is 7.47. The summed E-state index contributed by atoms with van der Waals surface area (Å²) in [6.07, 6.45) is 22.0. The van der Waals surface area contributed by atoms with Crippen LogP contribution in [0.5, 0.6) is 0 Å². The van der Waals surface area contributed by atoms with Gasteiger partial charge in [-0.2, -0.15) is 0 Å². The van der Waals surface area contributed by atoms with Crippen LogP contribution in [0.15, 0.2) is 36.5 Å². The fraction of sp³-hybridized carbons (Fsp3) is 0.795. The van der Waals surface area contributed by atoms with Crippen LogP contribution in [-0.2, 0) is 41.8 Å². The largest absolute Gasteiger partial charge is 0.472 e. The van der Waals surface area contributed by atoms with Crippen molar-refractivity contribution in [1.82, 2.24) is 0 Å². The van der Waals surface area contributed by atoms with Crippen LogP contribution in [0.2, 0.25) is 0 Å². The zero-order valence-electron chi connectivity index (χ0n) is 33.9. The third kappa shape index (κ3) is 35.4. The Morgan fingerprint density at radius 3 is 1.88 bits per heavy atom. The Morgan fingerprint density at radius 1 is 0.625 bits per heavy atom. The summed E-state index contributed by atoms with van der Waals surface area (Å²) in [5, 5.41) is 30.4. The second-order valence-corrected chi connectivity index (χ2v) is 16.8. The maximum atomic E-state index is 12.7. The minimum atomic E-state index is -4.89. The zero-order valence-corrected chi connectivity index (χ0v) is 35.7. The number of esters is 2. The van der Waals surface area contributed by atoms with Gasteiger partial charge in [-0.15, -0.1) is 0 Å². The second kappa shape index (κ2) is 34.2. The highest BCUT2D eigenvalue weighted by Crippen LogP contribution is 2.43. The predicted octanol–water partition coefficient (Wildman–Crippen LogP) is 7.52. The number of carbonyl (C=O) groups is 2. The highest BCUT2D eigenvalue weighted by atomic mass is 31.2. The molecular formula is C39H72O15P2. The van der Waals surface area contributed by atoms with E-state index in [1.54, 1.807) is 6.08 Å². The van der Waals surface area contributed by atoms with E-state index in [1.165, 1.54) is 38.5 Å². The molecule has 0 aromatic carbocycles. The summed E-state index contributed by atoms with van der Waals surface area (Å²) in [4.78, 5) is 52.5. The molecule has 0 rings (SSSR count). The number of aliphatic hydroxyl groups is 3. The normalized spacial score (nSPS) is 16.2. The van der Waals surface area contributed by atoms with Gasteiger partial charge in [0.05, 0.1) is 32.0 Å². The fourth-order valence-electron chi connectivity index (χ4n) is 5.13. The van der Waals surface area contributed by atoms with Gasteiger partial charge in [-0.1, -0.05) is 115 Å². The summed E-state index contributed by atoms with van der Waals surface area (Å²) in [5.74, 6) is -0.593. The number of allylic oxidation sites excluding steroid dienone is 5. The molecule has 0 aromatic rings. The van der Waals surface area contributed by atoms with Crippen molar-refractivity contribution in [3.05, 3.63) is 36.5 Å². The first kappa shape index (κ1) is 54.3. The molecule has 56 heavy (non-hydrogen) atoms. The van der Waals surface area contributed by atoms with E-state index < -0.39 is 78.4 Å². The molecule has 6 N–H and O–H groups in total. The number of hydrogen-bond acceptors (Lipinski definition) is 12. The van der Waals surface area contributed by atoms with Crippen LogP contribution in [0.3, 0.4) is 0 Å². The minimum Gasteiger partial charge on any atom is -0.462 e. The maximum Gasteiger partial charge on any atom is 0.472 e. The number of ether oxygens (including phenoxy) is 2. The Hall–Kier alpha value is -1.74. The fourth-order valence-corrected chi connectivity index (χ4v) is 6.29. The lowest BCUT2D eigenvalue weighted by Crippen LogP contribution is -2.30. The molecular weight excluding hydrogens is 770 g/mol. The molecule has 0 fully saturated rings. The summed E-state index contributed by atoms with van der Waals surface area (Å²) < 4.78 is 47.4. The van der Waals surface area contributed by atoms with Crippen molar-refractivity contribution in [1.29, 1.82) is 0 Å². The van der Waals surface area contributed by atoms with E-state index in [0.717, 1.165) is 44.4 Å². The Bertz CT molecular complexity index is 1190. The summed E-state index contributed by atoms with van der Waals surface area (Å²) in [5.41, 5.74) is 0. The standard InChI is InChI=1S/C39H72O15P2/c1-4-6-7-8-9-10-11-12-13-14-18-21-25-36(41)37(42)26-23-28-39(44)54-35(32-53-56(48,49)52-30-34(40)29-51-55(45,46)47)31-50-38(43)27-22-19-16-15-17-20-24-33(3)5-2/h9-10,12-13,18,21,33-37,40-42H,4-8,11,14-17,19-20,22-32H2,1-3H3,(H,48,49)(H2,45,46,47)/b10-9-,13-12-,21-18-/t33?,34-,35+,36?,37?/m0/s1.